The number of rotatable bonds is 8. The Kier molecular flexibility index (Phi) is 6.13. The zero-order valence-electron chi connectivity index (χ0n) is 13.8. The van der Waals surface area contributed by atoms with Crippen LogP contribution in [0.5, 0.6) is 11.5 Å². The Labute approximate surface area is 146 Å². The molecule has 0 fully saturated rings. The van der Waals surface area contributed by atoms with Gasteiger partial charge in [0, 0.05) is 17.8 Å². The maximum absolute atomic E-state index is 11.8. The van der Waals surface area contributed by atoms with Crippen LogP contribution < -0.4 is 14.8 Å². The lowest BCUT2D eigenvalue weighted by Gasteiger charge is -2.18. The Balaban J connectivity index is 1.30. The number of amides is 1. The molecule has 0 aliphatic carbocycles. The highest BCUT2D eigenvalue weighted by molar-refractivity contribution is 7.09. The summed E-state index contributed by atoms with van der Waals surface area (Å²) in [4.78, 5) is 13.1. The molecule has 1 aliphatic rings. The molecule has 1 amide bonds. The quantitative estimate of drug-likeness (QED) is 0.744. The number of fused-ring (bicyclic) bond motifs is 1. The van der Waals surface area contributed by atoms with Crippen molar-refractivity contribution in [2.45, 2.75) is 32.1 Å². The van der Waals surface area contributed by atoms with Crippen molar-refractivity contribution in [1.29, 1.82) is 0 Å². The van der Waals surface area contributed by atoms with Crippen LogP contribution in [-0.4, -0.2) is 25.7 Å². The van der Waals surface area contributed by atoms with Crippen molar-refractivity contribution in [2.24, 2.45) is 0 Å². The van der Waals surface area contributed by atoms with Crippen molar-refractivity contribution < 1.29 is 14.3 Å². The first-order valence-electron chi connectivity index (χ1n) is 8.49. The fraction of sp³-hybridized carbons (Fsp3) is 0.421. The SMILES string of the molecule is O=C(CCc1cccs1)NCCCCc1ccc2c(c1)OCCO2. The largest absolute Gasteiger partial charge is 0.486 e. The van der Waals surface area contributed by atoms with Gasteiger partial charge in [0.2, 0.25) is 5.91 Å². The summed E-state index contributed by atoms with van der Waals surface area (Å²) < 4.78 is 11.1. The molecule has 1 N–H and O–H groups in total. The van der Waals surface area contributed by atoms with E-state index in [9.17, 15) is 4.79 Å². The van der Waals surface area contributed by atoms with Crippen LogP contribution >= 0.6 is 11.3 Å². The molecule has 5 heteroatoms. The number of thiophene rings is 1. The molecule has 2 heterocycles. The van der Waals surface area contributed by atoms with Crippen molar-refractivity contribution >= 4 is 17.2 Å². The van der Waals surface area contributed by atoms with Crippen molar-refractivity contribution in [3.05, 3.63) is 46.2 Å². The molecule has 1 aliphatic heterocycles. The van der Waals surface area contributed by atoms with Gasteiger partial charge in [0.05, 0.1) is 0 Å². The molecule has 0 bridgehead atoms. The van der Waals surface area contributed by atoms with Gasteiger partial charge < -0.3 is 14.8 Å². The molecule has 0 saturated heterocycles. The summed E-state index contributed by atoms with van der Waals surface area (Å²) in [6.07, 6.45) is 4.43. The van der Waals surface area contributed by atoms with Gasteiger partial charge in [-0.15, -0.1) is 11.3 Å². The Morgan fingerprint density at radius 3 is 2.79 bits per heavy atom. The highest BCUT2D eigenvalue weighted by Gasteiger charge is 2.11. The Hall–Kier alpha value is -2.01. The number of carbonyl (C=O) groups is 1. The van der Waals surface area contributed by atoms with Crippen LogP contribution in [0.2, 0.25) is 0 Å². The summed E-state index contributed by atoms with van der Waals surface area (Å²) in [5, 5.41) is 5.05. The number of ether oxygens (including phenoxy) is 2. The van der Waals surface area contributed by atoms with Gasteiger partial charge in [0.15, 0.2) is 11.5 Å². The van der Waals surface area contributed by atoms with E-state index in [4.69, 9.17) is 9.47 Å². The Bertz CT molecular complexity index is 655. The van der Waals surface area contributed by atoms with E-state index >= 15 is 0 Å². The second-order valence-electron chi connectivity index (χ2n) is 5.86. The van der Waals surface area contributed by atoms with E-state index in [0.29, 0.717) is 19.6 Å². The lowest BCUT2D eigenvalue weighted by Crippen LogP contribution is -2.24. The van der Waals surface area contributed by atoms with E-state index in [1.165, 1.54) is 10.4 Å². The summed E-state index contributed by atoms with van der Waals surface area (Å²) in [5.74, 6) is 1.83. The number of hydrogen-bond donors (Lipinski definition) is 1. The molecule has 0 radical (unpaired) electrons. The van der Waals surface area contributed by atoms with Gasteiger partial charge in [-0.3, -0.25) is 4.79 Å². The normalized spacial score (nSPS) is 12.8. The van der Waals surface area contributed by atoms with Crippen LogP contribution in [0.1, 0.15) is 29.7 Å². The third-order valence-corrected chi connectivity index (χ3v) is 4.94. The second kappa shape index (κ2) is 8.73. The summed E-state index contributed by atoms with van der Waals surface area (Å²) in [6, 6.07) is 10.2. The topological polar surface area (TPSA) is 47.6 Å². The summed E-state index contributed by atoms with van der Waals surface area (Å²) in [5.41, 5.74) is 1.25. The molecular weight excluding hydrogens is 322 g/mol. The highest BCUT2D eigenvalue weighted by atomic mass is 32.1. The first kappa shape index (κ1) is 16.8. The molecule has 1 aromatic carbocycles. The van der Waals surface area contributed by atoms with Gasteiger partial charge in [-0.1, -0.05) is 12.1 Å². The van der Waals surface area contributed by atoms with Crippen LogP contribution in [0.15, 0.2) is 35.7 Å². The minimum Gasteiger partial charge on any atom is -0.486 e. The molecular formula is C19H23NO3S. The van der Waals surface area contributed by atoms with Gasteiger partial charge in [0.1, 0.15) is 13.2 Å². The van der Waals surface area contributed by atoms with Crippen LogP contribution in [0, 0.1) is 0 Å². The Morgan fingerprint density at radius 2 is 1.96 bits per heavy atom. The Morgan fingerprint density at radius 1 is 1.08 bits per heavy atom. The molecule has 1 aromatic heterocycles. The zero-order chi connectivity index (χ0) is 16.6. The van der Waals surface area contributed by atoms with Crippen LogP contribution in [0.25, 0.3) is 0 Å². The minimum absolute atomic E-state index is 0.141. The van der Waals surface area contributed by atoms with Gasteiger partial charge in [-0.2, -0.15) is 0 Å². The molecule has 3 rings (SSSR count). The molecule has 0 atom stereocenters. The molecule has 0 unspecified atom stereocenters. The summed E-state index contributed by atoms with van der Waals surface area (Å²) >= 11 is 1.71. The predicted molar refractivity (Wildman–Crippen MR) is 96.0 cm³/mol. The fourth-order valence-electron chi connectivity index (χ4n) is 2.71. The summed E-state index contributed by atoms with van der Waals surface area (Å²) in [7, 11) is 0. The van der Waals surface area contributed by atoms with Crippen LogP contribution in [0.4, 0.5) is 0 Å². The van der Waals surface area contributed by atoms with Gasteiger partial charge in [0.25, 0.3) is 0 Å². The van der Waals surface area contributed by atoms with E-state index < -0.39 is 0 Å². The maximum atomic E-state index is 11.8. The number of nitrogens with one attached hydrogen (secondary N) is 1. The fourth-order valence-corrected chi connectivity index (χ4v) is 3.41. The number of unbranched alkanes of at least 4 members (excludes halogenated alkanes) is 1. The van der Waals surface area contributed by atoms with E-state index in [-0.39, 0.29) is 5.91 Å². The predicted octanol–water partition coefficient (Wildman–Crippen LogP) is 3.59. The highest BCUT2D eigenvalue weighted by Crippen LogP contribution is 2.31. The van der Waals surface area contributed by atoms with Crippen LogP contribution in [-0.2, 0) is 17.6 Å². The molecule has 0 saturated carbocycles. The average molecular weight is 345 g/mol. The van der Waals surface area contributed by atoms with E-state index in [1.54, 1.807) is 11.3 Å². The van der Waals surface area contributed by atoms with Crippen molar-refractivity contribution in [3.8, 4) is 11.5 Å². The molecule has 2 aromatic rings. The minimum atomic E-state index is 0.141. The first-order valence-corrected chi connectivity index (χ1v) is 9.37. The van der Waals surface area contributed by atoms with Crippen molar-refractivity contribution in [1.82, 2.24) is 5.32 Å². The number of benzene rings is 1. The van der Waals surface area contributed by atoms with E-state index in [2.05, 4.69) is 23.5 Å². The van der Waals surface area contributed by atoms with E-state index in [1.807, 2.05) is 17.5 Å². The monoisotopic (exact) mass is 345 g/mol. The lowest BCUT2D eigenvalue weighted by molar-refractivity contribution is -0.121. The van der Waals surface area contributed by atoms with Gasteiger partial charge in [-0.05, 0) is 54.8 Å². The van der Waals surface area contributed by atoms with Crippen LogP contribution in [0.3, 0.4) is 0 Å². The molecule has 24 heavy (non-hydrogen) atoms. The smallest absolute Gasteiger partial charge is 0.220 e. The van der Waals surface area contributed by atoms with Crippen molar-refractivity contribution in [2.75, 3.05) is 19.8 Å². The summed E-state index contributed by atoms with van der Waals surface area (Å²) in [6.45, 7) is 1.99. The average Bonchev–Trinajstić information content (AvgIpc) is 3.13. The number of carbonyl (C=O) groups excluding carboxylic acids is 1. The number of hydrogen-bond acceptors (Lipinski definition) is 4. The maximum Gasteiger partial charge on any atom is 0.220 e. The molecule has 128 valence electrons. The lowest BCUT2D eigenvalue weighted by atomic mass is 10.1. The van der Waals surface area contributed by atoms with Gasteiger partial charge >= 0.3 is 0 Å². The molecule has 4 nitrogen and oxygen atoms in total. The third-order valence-electron chi connectivity index (χ3n) is 4.00. The van der Waals surface area contributed by atoms with Gasteiger partial charge in [-0.25, -0.2) is 0 Å². The number of aryl methyl sites for hydroxylation is 2. The molecule has 0 spiro atoms. The van der Waals surface area contributed by atoms with Crippen molar-refractivity contribution in [3.63, 3.8) is 0 Å². The second-order valence-corrected chi connectivity index (χ2v) is 6.90. The van der Waals surface area contributed by atoms with E-state index in [0.717, 1.165) is 43.7 Å². The zero-order valence-corrected chi connectivity index (χ0v) is 14.6. The first-order chi connectivity index (χ1) is 11.8. The third kappa shape index (κ3) is 4.99. The standard InChI is InChI=1S/C19H23NO3S/c21-19(9-7-16-5-3-13-24-16)20-10-2-1-4-15-6-8-17-18(14-15)23-12-11-22-17/h3,5-6,8,13-14H,1-2,4,7,9-12H2,(H,20,21).